The van der Waals surface area contributed by atoms with Crippen molar-refractivity contribution in [2.45, 2.75) is 38.0 Å². The van der Waals surface area contributed by atoms with Crippen molar-refractivity contribution in [3.63, 3.8) is 0 Å². The number of rotatable bonds is 7. The van der Waals surface area contributed by atoms with Crippen molar-refractivity contribution >= 4 is 28.9 Å². The van der Waals surface area contributed by atoms with Gasteiger partial charge in [0.2, 0.25) is 5.88 Å². The number of nitrogens with one attached hydrogen (secondary N) is 3. The van der Waals surface area contributed by atoms with Crippen molar-refractivity contribution < 1.29 is 14.3 Å². The first-order valence-electron chi connectivity index (χ1n) is 12.2. The minimum Gasteiger partial charge on any atom is -0.478 e. The number of hydrogen-bond donors (Lipinski definition) is 3. The predicted molar refractivity (Wildman–Crippen MR) is 135 cm³/mol. The quantitative estimate of drug-likeness (QED) is 0.341. The van der Waals surface area contributed by atoms with Gasteiger partial charge in [0.1, 0.15) is 22.9 Å². The number of aromatic nitrogens is 6. The Balaban J connectivity index is 1.32. The maximum Gasteiger partial charge on any atom is 0.280 e. The molecule has 4 aromatic rings. The average molecular weight is 506 g/mol. The van der Waals surface area contributed by atoms with E-state index in [0.29, 0.717) is 46.8 Å². The topological polar surface area (TPSA) is 142 Å². The van der Waals surface area contributed by atoms with Crippen LogP contribution in [0.2, 0.25) is 0 Å². The molecule has 13 heteroatoms. The van der Waals surface area contributed by atoms with Crippen LogP contribution in [-0.2, 0) is 11.3 Å². The molecule has 2 aliphatic rings. The zero-order valence-corrected chi connectivity index (χ0v) is 20.5. The molecule has 3 N–H and O–H groups in total. The van der Waals surface area contributed by atoms with Crippen LogP contribution in [0.4, 0.5) is 17.3 Å². The highest BCUT2D eigenvalue weighted by Crippen LogP contribution is 2.25. The minimum absolute atomic E-state index is 0.0107. The van der Waals surface area contributed by atoms with Crippen LogP contribution >= 0.6 is 0 Å². The van der Waals surface area contributed by atoms with Crippen LogP contribution in [0, 0.1) is 0 Å². The van der Waals surface area contributed by atoms with Crippen LogP contribution in [-0.4, -0.2) is 67.8 Å². The fraction of sp³-hybridized carbons (Fsp3) is 0.375. The maximum atomic E-state index is 13.3. The number of carbonyl (C=O) groups excluding carboxylic acids is 1. The first kappa shape index (κ1) is 23.0. The number of pyridine rings is 1. The van der Waals surface area contributed by atoms with Gasteiger partial charge in [-0.3, -0.25) is 14.2 Å². The molecule has 0 bridgehead atoms. The Morgan fingerprint density at radius 1 is 1.27 bits per heavy atom. The molecule has 0 saturated heterocycles. The summed E-state index contributed by atoms with van der Waals surface area (Å²) in [5.74, 6) is 1.82. The highest BCUT2D eigenvalue weighted by Gasteiger charge is 2.33. The fourth-order valence-corrected chi connectivity index (χ4v) is 4.61. The third kappa shape index (κ3) is 4.06. The van der Waals surface area contributed by atoms with Crippen molar-refractivity contribution in [2.24, 2.45) is 0 Å². The predicted octanol–water partition coefficient (Wildman–Crippen LogP) is 1.55. The Labute approximate surface area is 211 Å². The Morgan fingerprint density at radius 2 is 2.16 bits per heavy atom. The maximum absolute atomic E-state index is 13.3. The molecule has 1 aliphatic heterocycles. The second-order valence-corrected chi connectivity index (χ2v) is 8.99. The molecule has 13 nitrogen and oxygen atoms in total. The Kier molecular flexibility index (Phi) is 5.75. The summed E-state index contributed by atoms with van der Waals surface area (Å²) in [7, 11) is 3.39. The SMILES string of the molecule is CNc1cc(Nc2cccn(-c3cc4n(n3)CCCO4)c2=O)nc2c(C(=O)N[C@@H]3CC[C@H]3OC)cnn12. The molecular formula is C24H27N9O4. The van der Waals surface area contributed by atoms with Gasteiger partial charge in [-0.15, -0.1) is 0 Å². The van der Waals surface area contributed by atoms with E-state index < -0.39 is 0 Å². The van der Waals surface area contributed by atoms with E-state index in [0.717, 1.165) is 25.8 Å². The van der Waals surface area contributed by atoms with Gasteiger partial charge in [-0.25, -0.2) is 9.67 Å². The summed E-state index contributed by atoms with van der Waals surface area (Å²) in [5.41, 5.74) is 0.690. The molecule has 5 heterocycles. The molecular weight excluding hydrogens is 478 g/mol. The van der Waals surface area contributed by atoms with Gasteiger partial charge in [-0.2, -0.15) is 14.7 Å². The average Bonchev–Trinajstić information content (AvgIpc) is 3.52. The summed E-state index contributed by atoms with van der Waals surface area (Å²) in [6.45, 7) is 1.37. The van der Waals surface area contributed by atoms with Gasteiger partial charge in [0, 0.05) is 45.5 Å². The summed E-state index contributed by atoms with van der Waals surface area (Å²) in [5, 5.41) is 18.0. The first-order valence-corrected chi connectivity index (χ1v) is 12.2. The number of carbonyl (C=O) groups is 1. The lowest BCUT2D eigenvalue weighted by atomic mass is 9.89. The monoisotopic (exact) mass is 505 g/mol. The highest BCUT2D eigenvalue weighted by molar-refractivity contribution is 6.00. The molecule has 0 spiro atoms. The van der Waals surface area contributed by atoms with E-state index in [1.807, 2.05) is 0 Å². The summed E-state index contributed by atoms with van der Waals surface area (Å²) in [6, 6.07) is 6.85. The lowest BCUT2D eigenvalue weighted by Gasteiger charge is -2.35. The summed E-state index contributed by atoms with van der Waals surface area (Å²) in [6.07, 6.45) is 5.80. The van der Waals surface area contributed by atoms with E-state index in [9.17, 15) is 9.59 Å². The van der Waals surface area contributed by atoms with Gasteiger partial charge in [0.05, 0.1) is 24.9 Å². The largest absolute Gasteiger partial charge is 0.478 e. The minimum atomic E-state index is -0.298. The molecule has 0 radical (unpaired) electrons. The molecule has 2 atom stereocenters. The fourth-order valence-electron chi connectivity index (χ4n) is 4.61. The molecule has 0 aromatic carbocycles. The van der Waals surface area contributed by atoms with Crippen molar-refractivity contribution in [3.8, 4) is 11.7 Å². The van der Waals surface area contributed by atoms with Crippen molar-refractivity contribution in [1.82, 2.24) is 34.3 Å². The van der Waals surface area contributed by atoms with Crippen LogP contribution in [0.1, 0.15) is 29.6 Å². The molecule has 6 rings (SSSR count). The second-order valence-electron chi connectivity index (χ2n) is 8.99. The Bertz CT molecular complexity index is 1510. The number of aryl methyl sites for hydroxylation is 1. The number of fused-ring (bicyclic) bond motifs is 2. The van der Waals surface area contributed by atoms with E-state index in [2.05, 4.69) is 31.1 Å². The van der Waals surface area contributed by atoms with Crippen LogP contribution < -0.4 is 26.2 Å². The number of methoxy groups -OCH3 is 1. The van der Waals surface area contributed by atoms with Gasteiger partial charge < -0.3 is 25.4 Å². The third-order valence-electron chi connectivity index (χ3n) is 6.75. The van der Waals surface area contributed by atoms with Crippen LogP contribution in [0.15, 0.2) is 41.5 Å². The van der Waals surface area contributed by atoms with Gasteiger partial charge in [-0.1, -0.05) is 0 Å². The normalized spacial score (nSPS) is 18.5. The van der Waals surface area contributed by atoms with Crippen LogP contribution in [0.25, 0.3) is 11.5 Å². The van der Waals surface area contributed by atoms with Crippen molar-refractivity contribution in [3.05, 3.63) is 52.6 Å². The first-order chi connectivity index (χ1) is 18.1. The smallest absolute Gasteiger partial charge is 0.280 e. The summed E-state index contributed by atoms with van der Waals surface area (Å²) in [4.78, 5) is 31.0. The second kappa shape index (κ2) is 9.24. The molecule has 4 aromatic heterocycles. The number of ether oxygens (including phenoxy) is 2. The molecule has 1 aliphatic carbocycles. The van der Waals surface area contributed by atoms with Gasteiger partial charge in [-0.05, 0) is 25.0 Å². The standard InChI is InChI=1S/C24H27N9O4/c1-25-19-11-18(29-22-14(13-26-33(19)22)23(34)28-15-6-7-17(15)36-2)27-16-5-3-8-31(24(16)35)20-12-21-32(30-20)9-4-10-37-21/h3,5,8,11-13,15,17,25H,4,6-7,9-10H2,1-2H3,(H,27,29)(H,28,34)/t15-,17-/m1/s1. The number of hydrogen-bond acceptors (Lipinski definition) is 9. The van der Waals surface area contributed by atoms with Crippen LogP contribution in [0.3, 0.4) is 0 Å². The zero-order valence-electron chi connectivity index (χ0n) is 20.5. The van der Waals surface area contributed by atoms with E-state index >= 15 is 0 Å². The lowest BCUT2D eigenvalue weighted by molar-refractivity contribution is 0.00732. The summed E-state index contributed by atoms with van der Waals surface area (Å²) < 4.78 is 15.8. The number of nitrogens with zero attached hydrogens (tertiary/aromatic N) is 6. The van der Waals surface area contributed by atoms with Crippen molar-refractivity contribution in [2.75, 3.05) is 31.4 Å². The lowest BCUT2D eigenvalue weighted by Crippen LogP contribution is -2.51. The number of amides is 1. The Morgan fingerprint density at radius 3 is 2.92 bits per heavy atom. The molecule has 192 valence electrons. The summed E-state index contributed by atoms with van der Waals surface area (Å²) >= 11 is 0. The van der Waals surface area contributed by atoms with E-state index in [1.165, 1.54) is 10.8 Å². The van der Waals surface area contributed by atoms with E-state index in [-0.39, 0.29) is 23.6 Å². The molecule has 1 saturated carbocycles. The van der Waals surface area contributed by atoms with Gasteiger partial charge in [0.15, 0.2) is 11.5 Å². The van der Waals surface area contributed by atoms with E-state index in [4.69, 9.17) is 9.47 Å². The molecule has 37 heavy (non-hydrogen) atoms. The van der Waals surface area contributed by atoms with Gasteiger partial charge >= 0.3 is 0 Å². The zero-order chi connectivity index (χ0) is 25.5. The highest BCUT2D eigenvalue weighted by atomic mass is 16.5. The van der Waals surface area contributed by atoms with Crippen LogP contribution in [0.5, 0.6) is 5.88 Å². The molecule has 1 amide bonds. The third-order valence-corrected chi connectivity index (χ3v) is 6.75. The van der Waals surface area contributed by atoms with E-state index in [1.54, 1.807) is 53.8 Å². The molecule has 0 unspecified atom stereocenters. The molecule has 1 fully saturated rings. The van der Waals surface area contributed by atoms with Crippen molar-refractivity contribution in [1.29, 1.82) is 0 Å². The Hall–Kier alpha value is -4.39. The van der Waals surface area contributed by atoms with Gasteiger partial charge in [0.25, 0.3) is 11.5 Å². The number of anilines is 3.